The van der Waals surface area contributed by atoms with E-state index in [-0.39, 0.29) is 12.0 Å². The van der Waals surface area contributed by atoms with Gasteiger partial charge in [0.05, 0.1) is 0 Å². The standard InChI is InChI=1S/C12H17N7O/c1-8-7-9(18-17-8)20-12-15-10(13)14-11(16-12)19-5-3-2-4-6-19/h7H,2-6H2,1H3,(H,17,18)(H2,13,14,15,16). The van der Waals surface area contributed by atoms with Crippen molar-refractivity contribution in [3.8, 4) is 11.9 Å². The van der Waals surface area contributed by atoms with Crippen molar-refractivity contribution in [2.75, 3.05) is 23.7 Å². The van der Waals surface area contributed by atoms with Crippen LogP contribution in [0.2, 0.25) is 0 Å². The maximum absolute atomic E-state index is 5.73. The number of piperidine rings is 1. The van der Waals surface area contributed by atoms with Crippen LogP contribution in [0, 0.1) is 6.92 Å². The Bertz CT molecular complexity index is 591. The van der Waals surface area contributed by atoms with E-state index in [1.54, 1.807) is 6.07 Å². The van der Waals surface area contributed by atoms with Crippen molar-refractivity contribution in [2.45, 2.75) is 26.2 Å². The third-order valence-corrected chi connectivity index (χ3v) is 3.14. The molecule has 20 heavy (non-hydrogen) atoms. The van der Waals surface area contributed by atoms with Crippen molar-refractivity contribution in [3.63, 3.8) is 0 Å². The van der Waals surface area contributed by atoms with Gasteiger partial charge in [-0.25, -0.2) is 0 Å². The number of hydrogen-bond acceptors (Lipinski definition) is 7. The molecular formula is C12H17N7O. The van der Waals surface area contributed by atoms with Gasteiger partial charge in [0.15, 0.2) is 0 Å². The Balaban J connectivity index is 1.82. The summed E-state index contributed by atoms with van der Waals surface area (Å²) in [4.78, 5) is 14.6. The number of H-pyrrole nitrogens is 1. The lowest BCUT2D eigenvalue weighted by molar-refractivity contribution is 0.421. The van der Waals surface area contributed by atoms with Crippen LogP contribution >= 0.6 is 0 Å². The Morgan fingerprint density at radius 3 is 2.70 bits per heavy atom. The van der Waals surface area contributed by atoms with Gasteiger partial charge < -0.3 is 15.4 Å². The van der Waals surface area contributed by atoms with Gasteiger partial charge in [-0.15, -0.1) is 5.10 Å². The SMILES string of the molecule is Cc1cc(Oc2nc(N)nc(N3CCCCC3)n2)n[nH]1. The predicted octanol–water partition coefficient (Wildman–Crippen LogP) is 1.27. The van der Waals surface area contributed by atoms with E-state index < -0.39 is 0 Å². The zero-order valence-electron chi connectivity index (χ0n) is 11.3. The summed E-state index contributed by atoms with van der Waals surface area (Å²) in [5.41, 5.74) is 6.63. The smallest absolute Gasteiger partial charge is 0.330 e. The van der Waals surface area contributed by atoms with Crippen molar-refractivity contribution >= 4 is 11.9 Å². The van der Waals surface area contributed by atoms with Gasteiger partial charge >= 0.3 is 6.01 Å². The number of anilines is 2. The van der Waals surface area contributed by atoms with Crippen LogP contribution in [0.1, 0.15) is 25.0 Å². The zero-order chi connectivity index (χ0) is 13.9. The van der Waals surface area contributed by atoms with E-state index in [9.17, 15) is 0 Å². The number of nitrogens with zero attached hydrogens (tertiary/aromatic N) is 5. The van der Waals surface area contributed by atoms with Crippen LogP contribution in [0.3, 0.4) is 0 Å². The Hall–Kier alpha value is -2.38. The summed E-state index contributed by atoms with van der Waals surface area (Å²) in [6, 6.07) is 1.94. The number of rotatable bonds is 3. The van der Waals surface area contributed by atoms with Gasteiger partial charge in [0.1, 0.15) is 0 Å². The molecule has 3 N–H and O–H groups in total. The molecular weight excluding hydrogens is 258 g/mol. The van der Waals surface area contributed by atoms with Crippen LogP contribution in [0.15, 0.2) is 6.07 Å². The van der Waals surface area contributed by atoms with Crippen molar-refractivity contribution in [3.05, 3.63) is 11.8 Å². The van der Waals surface area contributed by atoms with E-state index in [1.807, 2.05) is 6.92 Å². The van der Waals surface area contributed by atoms with E-state index in [0.29, 0.717) is 11.8 Å². The lowest BCUT2D eigenvalue weighted by Gasteiger charge is -2.26. The third-order valence-electron chi connectivity index (χ3n) is 3.14. The lowest BCUT2D eigenvalue weighted by atomic mass is 10.1. The molecule has 2 aromatic rings. The summed E-state index contributed by atoms with van der Waals surface area (Å²) < 4.78 is 5.50. The predicted molar refractivity (Wildman–Crippen MR) is 73.7 cm³/mol. The zero-order valence-corrected chi connectivity index (χ0v) is 11.3. The topological polar surface area (TPSA) is 106 Å². The number of hydrogen-bond donors (Lipinski definition) is 2. The number of nitrogen functional groups attached to an aromatic ring is 1. The number of aromatic amines is 1. The molecule has 8 nitrogen and oxygen atoms in total. The molecule has 1 saturated heterocycles. The average molecular weight is 275 g/mol. The molecule has 0 bridgehead atoms. The van der Waals surface area contributed by atoms with Gasteiger partial charge in [-0.1, -0.05) is 0 Å². The number of ether oxygens (including phenoxy) is 1. The first-order chi connectivity index (χ1) is 9.70. The van der Waals surface area contributed by atoms with Crippen molar-refractivity contribution in [1.29, 1.82) is 0 Å². The minimum absolute atomic E-state index is 0.155. The van der Waals surface area contributed by atoms with Gasteiger partial charge in [0.2, 0.25) is 17.8 Å². The van der Waals surface area contributed by atoms with Gasteiger partial charge in [0.25, 0.3) is 0 Å². The van der Waals surface area contributed by atoms with E-state index in [4.69, 9.17) is 10.5 Å². The molecule has 0 unspecified atom stereocenters. The first-order valence-electron chi connectivity index (χ1n) is 6.67. The molecule has 0 atom stereocenters. The molecule has 1 aliphatic heterocycles. The van der Waals surface area contributed by atoms with Crippen LogP contribution in [0.5, 0.6) is 11.9 Å². The first kappa shape index (κ1) is 12.6. The largest absolute Gasteiger partial charge is 0.403 e. The molecule has 0 amide bonds. The summed E-state index contributed by atoms with van der Waals surface area (Å²) >= 11 is 0. The molecule has 106 valence electrons. The quantitative estimate of drug-likeness (QED) is 0.868. The Morgan fingerprint density at radius 1 is 1.20 bits per heavy atom. The van der Waals surface area contributed by atoms with Gasteiger partial charge in [-0.2, -0.15) is 15.0 Å². The normalized spacial score (nSPS) is 15.3. The highest BCUT2D eigenvalue weighted by molar-refractivity contribution is 5.36. The minimum Gasteiger partial charge on any atom is -0.403 e. The number of aryl methyl sites for hydroxylation is 1. The third kappa shape index (κ3) is 2.79. The van der Waals surface area contributed by atoms with Crippen molar-refractivity contribution < 1.29 is 4.74 Å². The van der Waals surface area contributed by atoms with Crippen LogP contribution in [0.25, 0.3) is 0 Å². The van der Waals surface area contributed by atoms with Crippen LogP contribution < -0.4 is 15.4 Å². The average Bonchev–Trinajstić information content (AvgIpc) is 2.84. The molecule has 0 saturated carbocycles. The molecule has 2 aromatic heterocycles. The second-order valence-electron chi connectivity index (χ2n) is 4.82. The van der Waals surface area contributed by atoms with Crippen molar-refractivity contribution in [1.82, 2.24) is 25.1 Å². The van der Waals surface area contributed by atoms with Crippen LogP contribution in [-0.4, -0.2) is 38.2 Å². The summed E-state index contributed by atoms with van der Waals surface area (Å²) in [6.45, 7) is 3.76. The van der Waals surface area contributed by atoms with E-state index in [2.05, 4.69) is 30.0 Å². The fraction of sp³-hybridized carbons (Fsp3) is 0.500. The number of nitrogens with one attached hydrogen (secondary N) is 1. The van der Waals surface area contributed by atoms with Crippen LogP contribution in [-0.2, 0) is 0 Å². The summed E-state index contributed by atoms with van der Waals surface area (Å²) in [5, 5.41) is 6.77. The monoisotopic (exact) mass is 275 g/mol. The van der Waals surface area contributed by atoms with Gasteiger partial charge in [-0.05, 0) is 26.2 Å². The maximum atomic E-state index is 5.73. The highest BCUT2D eigenvalue weighted by Crippen LogP contribution is 2.21. The Labute approximate surface area is 116 Å². The molecule has 3 rings (SSSR count). The summed E-state index contributed by atoms with van der Waals surface area (Å²) in [7, 11) is 0. The van der Waals surface area contributed by atoms with Crippen molar-refractivity contribution in [2.24, 2.45) is 0 Å². The van der Waals surface area contributed by atoms with E-state index in [1.165, 1.54) is 6.42 Å². The highest BCUT2D eigenvalue weighted by Gasteiger charge is 2.16. The van der Waals surface area contributed by atoms with Crippen LogP contribution in [0.4, 0.5) is 11.9 Å². The van der Waals surface area contributed by atoms with E-state index in [0.717, 1.165) is 31.6 Å². The summed E-state index contributed by atoms with van der Waals surface area (Å²) in [5.74, 6) is 1.14. The lowest BCUT2D eigenvalue weighted by Crippen LogP contribution is -2.31. The fourth-order valence-electron chi connectivity index (χ4n) is 2.18. The molecule has 1 aliphatic rings. The second-order valence-corrected chi connectivity index (χ2v) is 4.82. The molecule has 0 radical (unpaired) electrons. The molecule has 1 fully saturated rings. The second kappa shape index (κ2) is 5.32. The first-order valence-corrected chi connectivity index (χ1v) is 6.67. The molecule has 3 heterocycles. The van der Waals surface area contributed by atoms with E-state index >= 15 is 0 Å². The van der Waals surface area contributed by atoms with Gasteiger partial charge in [-0.3, -0.25) is 5.10 Å². The summed E-state index contributed by atoms with van der Waals surface area (Å²) in [6.07, 6.45) is 3.52. The molecule has 8 heteroatoms. The highest BCUT2D eigenvalue weighted by atomic mass is 16.5. The molecule has 0 aliphatic carbocycles. The number of nitrogens with two attached hydrogens (primary N) is 1. The fourth-order valence-corrected chi connectivity index (χ4v) is 2.18. The number of aromatic nitrogens is 5. The Kier molecular flexibility index (Phi) is 3.36. The Morgan fingerprint density at radius 2 is 2.00 bits per heavy atom. The molecule has 0 aromatic carbocycles. The maximum Gasteiger partial charge on any atom is 0.330 e. The minimum atomic E-state index is 0.155. The molecule has 0 spiro atoms. The van der Waals surface area contributed by atoms with Gasteiger partial charge in [0, 0.05) is 24.8 Å².